The van der Waals surface area contributed by atoms with E-state index < -0.39 is 0 Å². The van der Waals surface area contributed by atoms with E-state index in [0.717, 1.165) is 16.3 Å². The summed E-state index contributed by atoms with van der Waals surface area (Å²) in [5.41, 5.74) is 0.920. The standard InChI is InChI=1S/C17H12O3/c18-15(17-16(19)9-10-20-17)8-6-12-5-7-13-3-1-2-4-14(13)11-12/h1-11,19H/b8-6-. The average Bonchev–Trinajstić information content (AvgIpc) is 2.91. The van der Waals surface area contributed by atoms with Crippen molar-refractivity contribution in [2.24, 2.45) is 0 Å². The molecular formula is C17H12O3. The van der Waals surface area contributed by atoms with Gasteiger partial charge in [-0.3, -0.25) is 4.79 Å². The summed E-state index contributed by atoms with van der Waals surface area (Å²) < 4.78 is 4.93. The van der Waals surface area contributed by atoms with Gasteiger partial charge in [-0.15, -0.1) is 0 Å². The number of carbonyl (C=O) groups excluding carboxylic acids is 1. The zero-order chi connectivity index (χ0) is 13.9. The molecule has 0 bridgehead atoms. The molecule has 1 heterocycles. The molecule has 0 fully saturated rings. The number of benzene rings is 2. The summed E-state index contributed by atoms with van der Waals surface area (Å²) in [5.74, 6) is -0.541. The van der Waals surface area contributed by atoms with Gasteiger partial charge in [0.25, 0.3) is 0 Å². The van der Waals surface area contributed by atoms with Crippen LogP contribution in [-0.4, -0.2) is 10.9 Å². The van der Waals surface area contributed by atoms with E-state index in [1.807, 2.05) is 42.5 Å². The van der Waals surface area contributed by atoms with Crippen molar-refractivity contribution in [1.82, 2.24) is 0 Å². The average molecular weight is 264 g/mol. The van der Waals surface area contributed by atoms with Gasteiger partial charge in [0.2, 0.25) is 11.5 Å². The number of ketones is 1. The summed E-state index contributed by atoms with van der Waals surface area (Å²) in [6.07, 6.45) is 4.38. The van der Waals surface area contributed by atoms with Gasteiger partial charge in [-0.05, 0) is 28.5 Å². The molecule has 0 saturated heterocycles. The minimum atomic E-state index is -0.361. The molecule has 1 N–H and O–H groups in total. The number of fused-ring (bicyclic) bond motifs is 1. The summed E-state index contributed by atoms with van der Waals surface area (Å²) in [5, 5.41) is 11.7. The van der Waals surface area contributed by atoms with Gasteiger partial charge in [0.15, 0.2) is 5.75 Å². The first-order chi connectivity index (χ1) is 9.74. The van der Waals surface area contributed by atoms with E-state index in [9.17, 15) is 9.90 Å². The predicted molar refractivity (Wildman–Crippen MR) is 77.7 cm³/mol. The largest absolute Gasteiger partial charge is 0.504 e. The Morgan fingerprint density at radius 1 is 1.05 bits per heavy atom. The summed E-state index contributed by atoms with van der Waals surface area (Å²) in [7, 11) is 0. The van der Waals surface area contributed by atoms with Crippen LogP contribution < -0.4 is 0 Å². The summed E-state index contributed by atoms with van der Waals surface area (Å²) >= 11 is 0. The Kier molecular flexibility index (Phi) is 3.09. The highest BCUT2D eigenvalue weighted by molar-refractivity contribution is 6.06. The fraction of sp³-hybridized carbons (Fsp3) is 0. The van der Waals surface area contributed by atoms with Gasteiger partial charge in [-0.25, -0.2) is 0 Å². The van der Waals surface area contributed by atoms with Crippen molar-refractivity contribution >= 4 is 22.6 Å². The number of hydrogen-bond donors (Lipinski definition) is 1. The minimum Gasteiger partial charge on any atom is -0.504 e. The quantitative estimate of drug-likeness (QED) is 0.574. The third kappa shape index (κ3) is 2.34. The van der Waals surface area contributed by atoms with Crippen LogP contribution in [0, 0.1) is 0 Å². The molecule has 3 nitrogen and oxygen atoms in total. The monoisotopic (exact) mass is 264 g/mol. The van der Waals surface area contributed by atoms with E-state index in [-0.39, 0.29) is 17.3 Å². The number of hydrogen-bond acceptors (Lipinski definition) is 3. The number of furan rings is 1. The fourth-order valence-corrected chi connectivity index (χ4v) is 2.05. The van der Waals surface area contributed by atoms with Gasteiger partial charge in [0.1, 0.15) is 0 Å². The second-order valence-corrected chi connectivity index (χ2v) is 4.44. The van der Waals surface area contributed by atoms with Crippen LogP contribution in [0.2, 0.25) is 0 Å². The van der Waals surface area contributed by atoms with E-state index in [4.69, 9.17) is 4.42 Å². The van der Waals surface area contributed by atoms with Crippen LogP contribution in [0.25, 0.3) is 16.8 Å². The summed E-state index contributed by atoms with van der Waals surface area (Å²) in [6, 6.07) is 15.3. The molecule has 0 saturated carbocycles. The molecule has 1 aromatic heterocycles. The molecule has 3 aromatic rings. The molecule has 0 spiro atoms. The third-order valence-corrected chi connectivity index (χ3v) is 3.07. The van der Waals surface area contributed by atoms with Crippen molar-refractivity contribution < 1.29 is 14.3 Å². The highest BCUT2D eigenvalue weighted by atomic mass is 16.4. The Labute approximate surface area is 115 Å². The fourth-order valence-electron chi connectivity index (χ4n) is 2.05. The lowest BCUT2D eigenvalue weighted by atomic mass is 10.1. The van der Waals surface area contributed by atoms with Crippen molar-refractivity contribution in [2.75, 3.05) is 0 Å². The molecule has 2 aromatic carbocycles. The predicted octanol–water partition coefficient (Wildman–Crippen LogP) is 4.03. The van der Waals surface area contributed by atoms with Crippen LogP contribution in [0.1, 0.15) is 16.1 Å². The van der Waals surface area contributed by atoms with Crippen LogP contribution in [0.3, 0.4) is 0 Å². The topological polar surface area (TPSA) is 50.4 Å². The number of aromatic hydroxyl groups is 1. The van der Waals surface area contributed by atoms with Crippen LogP contribution >= 0.6 is 0 Å². The molecule has 0 unspecified atom stereocenters. The molecule has 0 radical (unpaired) electrons. The second kappa shape index (κ2) is 5.05. The van der Waals surface area contributed by atoms with Crippen molar-refractivity contribution in [3.8, 4) is 5.75 Å². The molecule has 20 heavy (non-hydrogen) atoms. The first-order valence-electron chi connectivity index (χ1n) is 6.22. The van der Waals surface area contributed by atoms with Crippen molar-refractivity contribution in [2.45, 2.75) is 0 Å². The Morgan fingerprint density at radius 2 is 1.85 bits per heavy atom. The molecule has 0 aliphatic rings. The Hall–Kier alpha value is -2.81. The van der Waals surface area contributed by atoms with E-state index in [1.54, 1.807) is 6.08 Å². The molecule has 3 rings (SSSR count). The zero-order valence-electron chi connectivity index (χ0n) is 10.6. The van der Waals surface area contributed by atoms with Crippen molar-refractivity contribution in [1.29, 1.82) is 0 Å². The zero-order valence-corrected chi connectivity index (χ0v) is 10.6. The van der Waals surface area contributed by atoms with Gasteiger partial charge < -0.3 is 9.52 Å². The minimum absolute atomic E-state index is 0.0398. The van der Waals surface area contributed by atoms with Crippen LogP contribution in [0.5, 0.6) is 5.75 Å². The molecule has 98 valence electrons. The number of rotatable bonds is 3. The lowest BCUT2D eigenvalue weighted by molar-refractivity contribution is 0.101. The van der Waals surface area contributed by atoms with E-state index >= 15 is 0 Å². The summed E-state index contributed by atoms with van der Waals surface area (Å²) in [6.45, 7) is 0. The highest BCUT2D eigenvalue weighted by Crippen LogP contribution is 2.20. The Morgan fingerprint density at radius 3 is 2.60 bits per heavy atom. The number of allylic oxidation sites excluding steroid dienone is 1. The first kappa shape index (κ1) is 12.2. The lowest BCUT2D eigenvalue weighted by Gasteiger charge is -1.99. The maximum Gasteiger partial charge on any atom is 0.224 e. The van der Waals surface area contributed by atoms with E-state index in [1.165, 1.54) is 18.4 Å². The normalized spacial score (nSPS) is 11.2. The highest BCUT2D eigenvalue weighted by Gasteiger charge is 2.11. The molecule has 3 heteroatoms. The van der Waals surface area contributed by atoms with E-state index in [0.29, 0.717) is 0 Å². The Balaban J connectivity index is 1.87. The van der Waals surface area contributed by atoms with Gasteiger partial charge in [0, 0.05) is 6.07 Å². The van der Waals surface area contributed by atoms with E-state index in [2.05, 4.69) is 0 Å². The van der Waals surface area contributed by atoms with Gasteiger partial charge >= 0.3 is 0 Å². The lowest BCUT2D eigenvalue weighted by Crippen LogP contribution is -1.91. The maximum atomic E-state index is 11.8. The van der Waals surface area contributed by atoms with Gasteiger partial charge in [0.05, 0.1) is 6.26 Å². The molecule has 0 aliphatic heterocycles. The second-order valence-electron chi connectivity index (χ2n) is 4.44. The molecule has 0 amide bonds. The first-order valence-corrected chi connectivity index (χ1v) is 6.22. The molecule has 0 aliphatic carbocycles. The maximum absolute atomic E-state index is 11.8. The SMILES string of the molecule is O=C(/C=C\c1ccc2ccccc2c1)c1occc1O. The Bertz CT molecular complexity index is 797. The summed E-state index contributed by atoms with van der Waals surface area (Å²) in [4.78, 5) is 11.8. The van der Waals surface area contributed by atoms with Crippen LogP contribution in [0.4, 0.5) is 0 Å². The van der Waals surface area contributed by atoms with Gasteiger partial charge in [-0.2, -0.15) is 0 Å². The van der Waals surface area contributed by atoms with Gasteiger partial charge in [-0.1, -0.05) is 42.5 Å². The number of carbonyl (C=O) groups is 1. The molecule has 0 atom stereocenters. The van der Waals surface area contributed by atoms with Crippen molar-refractivity contribution in [3.63, 3.8) is 0 Å². The van der Waals surface area contributed by atoms with Crippen LogP contribution in [0.15, 0.2) is 65.3 Å². The smallest absolute Gasteiger partial charge is 0.224 e. The van der Waals surface area contributed by atoms with Crippen molar-refractivity contribution in [3.05, 3.63) is 72.2 Å². The van der Waals surface area contributed by atoms with Crippen LogP contribution in [-0.2, 0) is 0 Å². The third-order valence-electron chi connectivity index (χ3n) is 3.07. The molecular weight excluding hydrogens is 252 g/mol.